The summed E-state index contributed by atoms with van der Waals surface area (Å²) < 4.78 is 3.29. The monoisotopic (exact) mass is 465 g/mol. The fraction of sp³-hybridized carbons (Fsp3) is 0.217. The molecule has 0 fully saturated rings. The van der Waals surface area contributed by atoms with Crippen LogP contribution in [0.4, 0.5) is 0 Å². The van der Waals surface area contributed by atoms with E-state index in [-0.39, 0.29) is 23.9 Å². The van der Waals surface area contributed by atoms with Crippen LogP contribution in [0.5, 0.6) is 0 Å². The average molecular weight is 466 g/mol. The van der Waals surface area contributed by atoms with E-state index in [2.05, 4.69) is 5.10 Å². The smallest absolute Gasteiger partial charge is 0.265 e. The van der Waals surface area contributed by atoms with E-state index >= 15 is 0 Å². The van der Waals surface area contributed by atoms with Gasteiger partial charge in [0.2, 0.25) is 5.91 Å². The molecule has 4 aromatic rings. The van der Waals surface area contributed by atoms with Gasteiger partial charge in [-0.2, -0.15) is 5.10 Å². The Balaban J connectivity index is 1.41. The summed E-state index contributed by atoms with van der Waals surface area (Å²) in [6.07, 6.45) is 1.79. The first-order valence-corrected chi connectivity index (χ1v) is 11.5. The van der Waals surface area contributed by atoms with Crippen molar-refractivity contribution in [3.63, 3.8) is 0 Å². The summed E-state index contributed by atoms with van der Waals surface area (Å²) in [4.78, 5) is 32.6. The van der Waals surface area contributed by atoms with Crippen molar-refractivity contribution in [3.05, 3.63) is 81.7 Å². The third-order valence-electron chi connectivity index (χ3n) is 5.54. The van der Waals surface area contributed by atoms with Gasteiger partial charge in [0.1, 0.15) is 5.39 Å². The number of halogens is 1. The maximum Gasteiger partial charge on any atom is 0.265 e. The van der Waals surface area contributed by atoms with E-state index in [9.17, 15) is 9.59 Å². The van der Waals surface area contributed by atoms with Crippen molar-refractivity contribution < 1.29 is 4.79 Å². The summed E-state index contributed by atoms with van der Waals surface area (Å²) in [5, 5.41) is 6.04. The Labute approximate surface area is 193 Å². The Hall–Kier alpha value is -3.10. The summed E-state index contributed by atoms with van der Waals surface area (Å²) in [6, 6.07) is 16.8. The van der Waals surface area contributed by atoms with E-state index < -0.39 is 0 Å². The second-order valence-electron chi connectivity index (χ2n) is 7.74. The van der Waals surface area contributed by atoms with Crippen molar-refractivity contribution >= 4 is 40.3 Å². The molecule has 1 unspecified atom stereocenters. The number of aromatic nitrogens is 4. The molecule has 2 aromatic carbocycles. The minimum absolute atomic E-state index is 0.00356. The van der Waals surface area contributed by atoms with Crippen LogP contribution in [-0.2, 0) is 11.3 Å². The zero-order valence-electron chi connectivity index (χ0n) is 17.3. The molecule has 1 atom stereocenters. The van der Waals surface area contributed by atoms with Crippen molar-refractivity contribution in [1.82, 2.24) is 24.2 Å². The van der Waals surface area contributed by atoms with Gasteiger partial charge in [-0.15, -0.1) is 0 Å². The highest BCUT2D eigenvalue weighted by molar-refractivity contribution is 7.99. The van der Waals surface area contributed by atoms with Crippen LogP contribution in [-0.4, -0.2) is 42.9 Å². The Bertz CT molecular complexity index is 1350. The molecule has 9 heteroatoms. The van der Waals surface area contributed by atoms with Gasteiger partial charge in [0.05, 0.1) is 17.9 Å². The predicted molar refractivity (Wildman–Crippen MR) is 125 cm³/mol. The second-order valence-corrected chi connectivity index (χ2v) is 9.17. The molecule has 0 radical (unpaired) electrons. The van der Waals surface area contributed by atoms with Gasteiger partial charge in [0, 0.05) is 30.8 Å². The molecular formula is C23H20ClN5O2S. The number of rotatable bonds is 5. The largest absolute Gasteiger partial charge is 0.341 e. The van der Waals surface area contributed by atoms with Crippen LogP contribution in [0, 0.1) is 0 Å². The number of hydrogen-bond donors (Lipinski definition) is 0. The molecule has 0 aliphatic carbocycles. The van der Waals surface area contributed by atoms with E-state index in [1.54, 1.807) is 33.3 Å². The lowest BCUT2D eigenvalue weighted by Crippen LogP contribution is -2.31. The Morgan fingerprint density at radius 3 is 2.69 bits per heavy atom. The summed E-state index contributed by atoms with van der Waals surface area (Å²) in [5.74, 6) is 0.630. The lowest BCUT2D eigenvalue weighted by molar-refractivity contribution is -0.131. The van der Waals surface area contributed by atoms with Crippen LogP contribution in [0.15, 0.2) is 70.7 Å². The molecule has 5 rings (SSSR count). The fourth-order valence-electron chi connectivity index (χ4n) is 3.85. The maximum absolute atomic E-state index is 13.3. The number of nitrogens with zero attached hydrogens (tertiary/aromatic N) is 5. The first-order valence-electron chi connectivity index (χ1n) is 10.2. The van der Waals surface area contributed by atoms with E-state index in [4.69, 9.17) is 16.6 Å². The number of hydrogen-bond acceptors (Lipinski definition) is 5. The number of fused-ring (bicyclic) bond motifs is 2. The van der Waals surface area contributed by atoms with E-state index in [0.717, 1.165) is 11.3 Å². The zero-order valence-corrected chi connectivity index (χ0v) is 18.9. The molecular weight excluding hydrogens is 446 g/mol. The van der Waals surface area contributed by atoms with E-state index in [1.807, 2.05) is 42.5 Å². The highest BCUT2D eigenvalue weighted by Gasteiger charge is 2.30. The van der Waals surface area contributed by atoms with Crippen LogP contribution in [0.25, 0.3) is 16.7 Å². The Morgan fingerprint density at radius 2 is 1.94 bits per heavy atom. The summed E-state index contributed by atoms with van der Waals surface area (Å²) in [5.41, 5.74) is 2.18. The molecule has 7 nitrogen and oxygen atoms in total. The summed E-state index contributed by atoms with van der Waals surface area (Å²) in [6.45, 7) is 0.534. The van der Waals surface area contributed by atoms with Crippen molar-refractivity contribution in [3.8, 4) is 5.69 Å². The molecule has 1 aliphatic rings. The Kier molecular flexibility index (Phi) is 5.48. The molecule has 162 valence electrons. The molecule has 32 heavy (non-hydrogen) atoms. The first-order chi connectivity index (χ1) is 15.5. The average Bonchev–Trinajstić information content (AvgIpc) is 3.40. The van der Waals surface area contributed by atoms with Gasteiger partial charge in [-0.05, 0) is 29.8 Å². The van der Waals surface area contributed by atoms with E-state index in [1.165, 1.54) is 18.0 Å². The van der Waals surface area contributed by atoms with Gasteiger partial charge in [0.15, 0.2) is 10.8 Å². The number of carbonyl (C=O) groups excluding carboxylic acids is 1. The molecule has 0 bridgehead atoms. The lowest BCUT2D eigenvalue weighted by Gasteiger charge is -2.20. The molecule has 1 amide bonds. The van der Waals surface area contributed by atoms with Crippen molar-refractivity contribution in [2.24, 2.45) is 0 Å². The normalized spacial score (nSPS) is 15.1. The molecule has 3 heterocycles. The van der Waals surface area contributed by atoms with Crippen molar-refractivity contribution in [2.75, 3.05) is 12.8 Å². The van der Waals surface area contributed by atoms with Crippen molar-refractivity contribution in [2.45, 2.75) is 24.2 Å². The third-order valence-corrected chi connectivity index (χ3v) is 6.89. The molecule has 0 saturated carbocycles. The minimum atomic E-state index is -0.232. The molecule has 0 N–H and O–H groups in total. The minimum Gasteiger partial charge on any atom is -0.341 e. The van der Waals surface area contributed by atoms with Crippen LogP contribution >= 0.6 is 23.4 Å². The van der Waals surface area contributed by atoms with Crippen LogP contribution in [0.2, 0.25) is 5.02 Å². The second kappa shape index (κ2) is 8.44. The van der Waals surface area contributed by atoms with Crippen LogP contribution in [0.3, 0.4) is 0 Å². The van der Waals surface area contributed by atoms with Gasteiger partial charge in [-0.25, -0.2) is 9.67 Å². The number of carbonyl (C=O) groups is 1. The summed E-state index contributed by atoms with van der Waals surface area (Å²) >= 11 is 7.48. The van der Waals surface area contributed by atoms with Crippen LogP contribution < -0.4 is 5.56 Å². The van der Waals surface area contributed by atoms with Gasteiger partial charge < -0.3 is 4.90 Å². The molecule has 0 spiro atoms. The predicted octanol–water partition coefficient (Wildman–Crippen LogP) is 3.93. The highest BCUT2D eigenvalue weighted by atomic mass is 35.5. The highest BCUT2D eigenvalue weighted by Crippen LogP contribution is 2.33. The summed E-state index contributed by atoms with van der Waals surface area (Å²) in [7, 11) is 1.79. The maximum atomic E-state index is 13.3. The van der Waals surface area contributed by atoms with Gasteiger partial charge >= 0.3 is 0 Å². The third kappa shape index (κ3) is 3.80. The van der Waals surface area contributed by atoms with Gasteiger partial charge in [-0.1, -0.05) is 53.7 Å². The zero-order chi connectivity index (χ0) is 22.2. The molecule has 0 saturated heterocycles. The first kappa shape index (κ1) is 20.8. The number of amides is 1. The SMILES string of the molecule is CN(Cc1ccccc1)C(=O)CC1CSc2nc3c(cnn3-c3ccc(Cl)cc3)c(=O)n21. The molecule has 1 aliphatic heterocycles. The fourth-order valence-corrected chi connectivity index (χ4v) is 5.11. The van der Waals surface area contributed by atoms with Gasteiger partial charge in [-0.3, -0.25) is 14.2 Å². The lowest BCUT2D eigenvalue weighted by atomic mass is 10.1. The quantitative estimate of drug-likeness (QED) is 0.417. The number of thioether (sulfide) groups is 1. The van der Waals surface area contributed by atoms with Crippen molar-refractivity contribution in [1.29, 1.82) is 0 Å². The number of benzene rings is 2. The topological polar surface area (TPSA) is 73.0 Å². The standard InChI is InChI=1S/C23H20ClN5O2S/c1-27(13-15-5-3-2-4-6-15)20(30)11-18-14-32-23-26-21-19(22(31)28(18)23)12-25-29(21)17-9-7-16(24)8-10-17/h2-10,12,18H,11,13-14H2,1H3. The van der Waals surface area contributed by atoms with E-state index in [0.29, 0.717) is 33.5 Å². The molecule has 2 aromatic heterocycles. The van der Waals surface area contributed by atoms with Crippen LogP contribution in [0.1, 0.15) is 18.0 Å². The Morgan fingerprint density at radius 1 is 1.19 bits per heavy atom. The van der Waals surface area contributed by atoms with Gasteiger partial charge in [0.25, 0.3) is 5.56 Å².